The number of thiazole rings is 1. The number of rotatable bonds is 8. The number of likely N-dealkylation sites (tertiary alicyclic amines) is 1. The van der Waals surface area contributed by atoms with Gasteiger partial charge in [-0.2, -0.15) is 0 Å². The van der Waals surface area contributed by atoms with Crippen LogP contribution in [0.3, 0.4) is 0 Å². The summed E-state index contributed by atoms with van der Waals surface area (Å²) in [6.45, 7) is 15.2. The van der Waals surface area contributed by atoms with Gasteiger partial charge in [-0.3, -0.25) is 9.69 Å². The molecule has 7 nitrogen and oxygen atoms in total. The van der Waals surface area contributed by atoms with Gasteiger partial charge >= 0.3 is 0 Å². The Morgan fingerprint density at radius 2 is 2.00 bits per heavy atom. The highest BCUT2D eigenvalue weighted by Crippen LogP contribution is 2.24. The van der Waals surface area contributed by atoms with Crippen molar-refractivity contribution >= 4 is 23.2 Å². The van der Waals surface area contributed by atoms with Crippen LogP contribution in [-0.4, -0.2) is 60.5 Å². The number of nitrogens with one attached hydrogen (secondary N) is 3. The summed E-state index contributed by atoms with van der Waals surface area (Å²) < 4.78 is 0. The van der Waals surface area contributed by atoms with E-state index in [9.17, 15) is 4.79 Å². The Hall–Kier alpha value is -1.67. The molecule has 0 saturated carbocycles. The minimum atomic E-state index is 0.0721. The van der Waals surface area contributed by atoms with Gasteiger partial charge in [0.05, 0.1) is 18.8 Å². The van der Waals surface area contributed by atoms with E-state index in [1.165, 1.54) is 0 Å². The van der Waals surface area contributed by atoms with Gasteiger partial charge in [0.15, 0.2) is 5.96 Å². The number of piperidine rings is 1. The Morgan fingerprint density at radius 3 is 2.59 bits per heavy atom. The Balaban J connectivity index is 1.82. The molecule has 1 fully saturated rings. The number of carbonyl (C=O) groups is 1. The van der Waals surface area contributed by atoms with Crippen molar-refractivity contribution in [3.8, 4) is 0 Å². The maximum atomic E-state index is 11.9. The molecule has 1 aromatic heterocycles. The molecule has 0 radical (unpaired) electrons. The van der Waals surface area contributed by atoms with Gasteiger partial charge in [0.2, 0.25) is 5.91 Å². The smallest absolute Gasteiger partial charge is 0.234 e. The van der Waals surface area contributed by atoms with Gasteiger partial charge in [-0.15, -0.1) is 11.3 Å². The van der Waals surface area contributed by atoms with Crippen molar-refractivity contribution in [2.45, 2.75) is 71.9 Å². The summed E-state index contributed by atoms with van der Waals surface area (Å²) in [6.07, 6.45) is 3.00. The highest BCUT2D eigenvalue weighted by molar-refractivity contribution is 7.09. The quantitative estimate of drug-likeness (QED) is 0.443. The van der Waals surface area contributed by atoms with Gasteiger partial charge < -0.3 is 16.0 Å². The zero-order valence-electron chi connectivity index (χ0n) is 18.7. The Morgan fingerprint density at radius 1 is 1.28 bits per heavy atom. The van der Waals surface area contributed by atoms with Gasteiger partial charge in [-0.25, -0.2) is 9.98 Å². The molecule has 0 bridgehead atoms. The average Bonchev–Trinajstić information content (AvgIpc) is 3.16. The maximum absolute atomic E-state index is 11.9. The molecule has 0 atom stereocenters. The van der Waals surface area contributed by atoms with E-state index in [1.54, 1.807) is 11.3 Å². The van der Waals surface area contributed by atoms with Crippen LogP contribution < -0.4 is 16.0 Å². The third kappa shape index (κ3) is 8.30. The molecule has 1 amide bonds. The molecule has 1 aromatic rings. The first-order valence-electron chi connectivity index (χ1n) is 10.8. The molecule has 1 aliphatic heterocycles. The molecule has 2 heterocycles. The molecular weight excluding hydrogens is 384 g/mol. The fourth-order valence-corrected chi connectivity index (χ4v) is 4.09. The Labute approximate surface area is 179 Å². The second-order valence-electron chi connectivity index (χ2n) is 8.62. The van der Waals surface area contributed by atoms with Crippen LogP contribution >= 0.6 is 11.3 Å². The molecular formula is C21H38N6OS. The van der Waals surface area contributed by atoms with E-state index in [4.69, 9.17) is 9.98 Å². The highest BCUT2D eigenvalue weighted by atomic mass is 32.1. The maximum Gasteiger partial charge on any atom is 0.234 e. The van der Waals surface area contributed by atoms with Crippen molar-refractivity contribution in [2.24, 2.45) is 4.99 Å². The summed E-state index contributed by atoms with van der Waals surface area (Å²) in [6, 6.07) is 0.379. The first kappa shape index (κ1) is 23.6. The molecule has 2 rings (SSSR count). The summed E-state index contributed by atoms with van der Waals surface area (Å²) in [5.74, 6) is 0.977. The van der Waals surface area contributed by atoms with Gasteiger partial charge in [-0.1, -0.05) is 27.7 Å². The topological polar surface area (TPSA) is 81.7 Å². The summed E-state index contributed by atoms with van der Waals surface area (Å²) in [4.78, 5) is 23.6. The predicted molar refractivity (Wildman–Crippen MR) is 122 cm³/mol. The van der Waals surface area contributed by atoms with Crippen LogP contribution in [0.1, 0.15) is 64.6 Å². The standard InChI is InChI=1S/C21H38N6OS/c1-6-10-23-18(28)14-27-11-8-16(9-12-27)25-20(22-7-2)24-13-19-26-17(15-29-19)21(3,4)5/h15-16H,6-14H2,1-5H3,(H,23,28)(H2,22,24,25). The number of aromatic nitrogens is 1. The second-order valence-corrected chi connectivity index (χ2v) is 9.56. The lowest BCUT2D eigenvalue weighted by atomic mass is 9.93. The van der Waals surface area contributed by atoms with E-state index in [0.717, 1.165) is 62.1 Å². The highest BCUT2D eigenvalue weighted by Gasteiger charge is 2.21. The normalized spacial score (nSPS) is 16.7. The number of nitrogens with zero attached hydrogens (tertiary/aromatic N) is 3. The van der Waals surface area contributed by atoms with E-state index in [1.807, 2.05) is 0 Å². The van der Waals surface area contributed by atoms with Gasteiger partial charge in [-0.05, 0) is 26.2 Å². The van der Waals surface area contributed by atoms with Crippen LogP contribution in [0.25, 0.3) is 0 Å². The lowest BCUT2D eigenvalue weighted by Gasteiger charge is -2.32. The SMILES string of the molecule is CCCNC(=O)CN1CCC(NC(=NCc2nc(C(C)(C)C)cs2)NCC)CC1. The molecule has 0 aromatic carbocycles. The number of aliphatic imine (C=N–C) groups is 1. The zero-order valence-corrected chi connectivity index (χ0v) is 19.5. The summed E-state index contributed by atoms with van der Waals surface area (Å²) in [7, 11) is 0. The van der Waals surface area contributed by atoms with Crippen molar-refractivity contribution in [3.63, 3.8) is 0 Å². The van der Waals surface area contributed by atoms with Gasteiger partial charge in [0.25, 0.3) is 0 Å². The second kappa shape index (κ2) is 11.5. The molecule has 1 aliphatic rings. The van der Waals surface area contributed by atoms with Crippen molar-refractivity contribution in [3.05, 3.63) is 16.1 Å². The fraction of sp³-hybridized carbons (Fsp3) is 0.762. The largest absolute Gasteiger partial charge is 0.357 e. The minimum absolute atomic E-state index is 0.0721. The number of hydrogen-bond acceptors (Lipinski definition) is 5. The molecule has 0 unspecified atom stereocenters. The predicted octanol–water partition coefficient (Wildman–Crippen LogP) is 2.49. The average molecular weight is 423 g/mol. The van der Waals surface area contributed by atoms with Crippen LogP contribution in [0.4, 0.5) is 0 Å². The number of guanidine groups is 1. The lowest BCUT2D eigenvalue weighted by molar-refractivity contribution is -0.122. The van der Waals surface area contributed by atoms with Crippen molar-refractivity contribution in [1.29, 1.82) is 0 Å². The van der Waals surface area contributed by atoms with Crippen LogP contribution in [0.5, 0.6) is 0 Å². The van der Waals surface area contributed by atoms with Crippen molar-refractivity contribution < 1.29 is 4.79 Å². The van der Waals surface area contributed by atoms with Gasteiger partial charge in [0, 0.05) is 43.0 Å². The lowest BCUT2D eigenvalue weighted by Crippen LogP contribution is -2.50. The number of carbonyl (C=O) groups excluding carboxylic acids is 1. The fourth-order valence-electron chi connectivity index (χ4n) is 3.15. The number of hydrogen-bond donors (Lipinski definition) is 3. The van der Waals surface area contributed by atoms with Crippen LogP contribution in [0.2, 0.25) is 0 Å². The summed E-state index contributed by atoms with van der Waals surface area (Å²) >= 11 is 1.68. The van der Waals surface area contributed by atoms with Gasteiger partial charge in [0.1, 0.15) is 5.01 Å². The minimum Gasteiger partial charge on any atom is -0.357 e. The van der Waals surface area contributed by atoms with Crippen molar-refractivity contribution in [2.75, 3.05) is 32.7 Å². The van der Waals surface area contributed by atoms with E-state index < -0.39 is 0 Å². The molecule has 0 spiro atoms. The van der Waals surface area contributed by atoms with Crippen LogP contribution in [-0.2, 0) is 16.8 Å². The Kier molecular flexibility index (Phi) is 9.36. The molecule has 1 saturated heterocycles. The van der Waals surface area contributed by atoms with E-state index in [0.29, 0.717) is 19.1 Å². The first-order chi connectivity index (χ1) is 13.8. The number of amides is 1. The Bertz CT molecular complexity index is 658. The molecule has 0 aliphatic carbocycles. The molecule has 164 valence electrons. The molecule has 29 heavy (non-hydrogen) atoms. The molecule has 3 N–H and O–H groups in total. The third-order valence-electron chi connectivity index (χ3n) is 4.90. The summed E-state index contributed by atoms with van der Waals surface area (Å²) in [5, 5.41) is 13.0. The zero-order chi connectivity index (χ0) is 21.3. The monoisotopic (exact) mass is 422 g/mol. The first-order valence-corrected chi connectivity index (χ1v) is 11.7. The van der Waals surface area contributed by atoms with E-state index >= 15 is 0 Å². The van der Waals surface area contributed by atoms with Crippen LogP contribution in [0, 0.1) is 0 Å². The van der Waals surface area contributed by atoms with Crippen LogP contribution in [0.15, 0.2) is 10.4 Å². The molecule has 8 heteroatoms. The summed E-state index contributed by atoms with van der Waals surface area (Å²) in [5.41, 5.74) is 1.20. The third-order valence-corrected chi connectivity index (χ3v) is 5.74. The van der Waals surface area contributed by atoms with E-state index in [-0.39, 0.29) is 11.3 Å². The van der Waals surface area contributed by atoms with E-state index in [2.05, 4.69) is 60.8 Å². The van der Waals surface area contributed by atoms with Crippen molar-refractivity contribution in [1.82, 2.24) is 25.8 Å².